The minimum atomic E-state index is -0.541. The molecule has 0 unspecified atom stereocenters. The average Bonchev–Trinajstić information content (AvgIpc) is 3.17. The fraction of sp³-hybridized carbons (Fsp3) is 0.400. The molecule has 2 aliphatic rings. The number of carbonyl (C=O) groups is 2. The number of hydrogen-bond donors (Lipinski definition) is 4. The van der Waals surface area contributed by atoms with Gasteiger partial charge in [-0.15, -0.1) is 0 Å². The Morgan fingerprint density at radius 3 is 2.72 bits per heavy atom. The van der Waals surface area contributed by atoms with Gasteiger partial charge >= 0.3 is 6.03 Å². The van der Waals surface area contributed by atoms with Crippen molar-refractivity contribution < 1.29 is 9.59 Å². The van der Waals surface area contributed by atoms with E-state index in [2.05, 4.69) is 36.3 Å². The first-order chi connectivity index (χ1) is 12.0. The summed E-state index contributed by atoms with van der Waals surface area (Å²) in [6.45, 7) is 4.00. The van der Waals surface area contributed by atoms with E-state index in [4.69, 9.17) is 0 Å². The van der Waals surface area contributed by atoms with Crippen LogP contribution in [0, 0.1) is 0 Å². The Kier molecular flexibility index (Phi) is 3.52. The van der Waals surface area contributed by atoms with Gasteiger partial charge in [0.05, 0.1) is 6.20 Å². The maximum Gasteiger partial charge on any atom is 0.326 e. The molecule has 1 aliphatic heterocycles. The van der Waals surface area contributed by atoms with Gasteiger partial charge < -0.3 is 16.0 Å². The van der Waals surface area contributed by atoms with Crippen LogP contribution in [0.3, 0.4) is 0 Å². The van der Waals surface area contributed by atoms with E-state index in [-0.39, 0.29) is 11.7 Å². The van der Waals surface area contributed by atoms with Crippen molar-refractivity contribution >= 4 is 35.6 Å². The van der Waals surface area contributed by atoms with E-state index < -0.39 is 11.9 Å². The molecule has 1 saturated heterocycles. The normalized spacial score (nSPS) is 18.8. The number of nitrogens with one attached hydrogen (secondary N) is 4. The molecule has 2 aromatic rings. The molecule has 10 heteroatoms. The summed E-state index contributed by atoms with van der Waals surface area (Å²) in [7, 11) is 0. The van der Waals surface area contributed by atoms with Crippen molar-refractivity contribution in [2.75, 3.05) is 10.6 Å². The summed E-state index contributed by atoms with van der Waals surface area (Å²) in [6.07, 6.45) is 5.34. The lowest BCUT2D eigenvalue weighted by Gasteiger charge is -2.11. The number of hydrogen-bond acceptors (Lipinski definition) is 7. The summed E-state index contributed by atoms with van der Waals surface area (Å²) in [5.41, 5.74) is 1.32. The standard InChI is InChI=1S/C15H18N8O2/c1-7(2)17-13-20-11-8(5-10-12(24)21-15(25)19-10)6-16-23(11)14(22-13)18-9-3-4-9/h5-7,9H,3-4H2,1-2H3,(H2,17,18,20,22)(H2,19,21,24,25)/b10-5-. The van der Waals surface area contributed by atoms with Gasteiger partial charge in [-0.2, -0.15) is 19.6 Å². The molecule has 3 amide bonds. The van der Waals surface area contributed by atoms with Gasteiger partial charge in [-0.05, 0) is 32.8 Å². The van der Waals surface area contributed by atoms with E-state index in [1.807, 2.05) is 13.8 Å². The molecular formula is C15H18N8O2. The van der Waals surface area contributed by atoms with Crippen molar-refractivity contribution in [1.29, 1.82) is 0 Å². The highest BCUT2D eigenvalue weighted by molar-refractivity contribution is 6.14. The molecule has 0 radical (unpaired) electrons. The number of imide groups is 1. The van der Waals surface area contributed by atoms with Crippen LogP contribution in [0.25, 0.3) is 11.7 Å². The van der Waals surface area contributed by atoms with Crippen LogP contribution in [0.1, 0.15) is 32.3 Å². The van der Waals surface area contributed by atoms with Crippen LogP contribution in [0.4, 0.5) is 16.7 Å². The Balaban J connectivity index is 1.78. The number of amides is 3. The summed E-state index contributed by atoms with van der Waals surface area (Å²) in [6, 6.07) is 0.0253. The van der Waals surface area contributed by atoms with Crippen molar-refractivity contribution in [1.82, 2.24) is 30.2 Å². The summed E-state index contributed by atoms with van der Waals surface area (Å²) >= 11 is 0. The minimum absolute atomic E-state index is 0.161. The van der Waals surface area contributed by atoms with Gasteiger partial charge in [-0.1, -0.05) is 0 Å². The quantitative estimate of drug-likeness (QED) is 0.465. The molecular weight excluding hydrogens is 324 g/mol. The van der Waals surface area contributed by atoms with Crippen LogP contribution in [0.2, 0.25) is 0 Å². The average molecular weight is 342 g/mol. The van der Waals surface area contributed by atoms with Crippen LogP contribution in [-0.4, -0.2) is 43.6 Å². The zero-order valence-corrected chi connectivity index (χ0v) is 13.8. The van der Waals surface area contributed by atoms with E-state index >= 15 is 0 Å². The van der Waals surface area contributed by atoms with Gasteiger partial charge in [0.15, 0.2) is 5.65 Å². The second-order valence-electron chi connectivity index (χ2n) is 6.39. The van der Waals surface area contributed by atoms with Crippen molar-refractivity contribution in [3.8, 4) is 0 Å². The van der Waals surface area contributed by atoms with Gasteiger partial charge in [0.2, 0.25) is 11.9 Å². The minimum Gasteiger partial charge on any atom is -0.352 e. The van der Waals surface area contributed by atoms with Crippen molar-refractivity contribution in [2.24, 2.45) is 0 Å². The number of urea groups is 1. The number of rotatable bonds is 5. The van der Waals surface area contributed by atoms with Crippen LogP contribution in [0.5, 0.6) is 0 Å². The number of nitrogens with zero attached hydrogens (tertiary/aromatic N) is 4. The van der Waals surface area contributed by atoms with Crippen molar-refractivity contribution in [3.63, 3.8) is 0 Å². The second kappa shape index (κ2) is 5.72. The first kappa shape index (κ1) is 15.4. The topological polar surface area (TPSA) is 125 Å². The van der Waals surface area contributed by atoms with Crippen molar-refractivity contribution in [3.05, 3.63) is 17.5 Å². The van der Waals surface area contributed by atoms with E-state index in [1.54, 1.807) is 16.8 Å². The zero-order chi connectivity index (χ0) is 17.6. The molecule has 0 bridgehead atoms. The molecule has 0 atom stereocenters. The lowest BCUT2D eigenvalue weighted by Crippen LogP contribution is -2.22. The number of aromatic nitrogens is 4. The number of anilines is 2. The lowest BCUT2D eigenvalue weighted by atomic mass is 10.2. The molecule has 4 N–H and O–H groups in total. The third kappa shape index (κ3) is 3.10. The highest BCUT2D eigenvalue weighted by atomic mass is 16.2. The Morgan fingerprint density at radius 2 is 2.08 bits per heavy atom. The highest BCUT2D eigenvalue weighted by Crippen LogP contribution is 2.25. The smallest absolute Gasteiger partial charge is 0.326 e. The van der Waals surface area contributed by atoms with Gasteiger partial charge in [0.25, 0.3) is 5.91 Å². The monoisotopic (exact) mass is 342 g/mol. The van der Waals surface area contributed by atoms with E-state index in [0.717, 1.165) is 12.8 Å². The lowest BCUT2D eigenvalue weighted by molar-refractivity contribution is -0.115. The van der Waals surface area contributed by atoms with E-state index in [0.29, 0.717) is 29.1 Å². The molecule has 10 nitrogen and oxygen atoms in total. The van der Waals surface area contributed by atoms with E-state index in [9.17, 15) is 9.59 Å². The Labute approximate surface area is 143 Å². The first-order valence-electron chi connectivity index (χ1n) is 8.12. The molecule has 0 spiro atoms. The molecule has 2 fully saturated rings. The first-order valence-corrected chi connectivity index (χ1v) is 8.12. The third-order valence-corrected chi connectivity index (χ3v) is 3.74. The maximum atomic E-state index is 11.7. The van der Waals surface area contributed by atoms with Crippen LogP contribution in [0.15, 0.2) is 11.9 Å². The SMILES string of the molecule is CC(C)Nc1nc(NC2CC2)n2ncc(/C=C3\NC(=O)NC3=O)c2n1. The molecule has 4 rings (SSSR count). The van der Waals surface area contributed by atoms with Crippen molar-refractivity contribution in [2.45, 2.75) is 38.8 Å². The largest absolute Gasteiger partial charge is 0.352 e. The number of carbonyl (C=O) groups excluding carboxylic acids is 2. The van der Waals surface area contributed by atoms with Gasteiger partial charge in [0, 0.05) is 17.6 Å². The summed E-state index contributed by atoms with van der Waals surface area (Å²) in [5, 5.41) is 15.5. The molecule has 25 heavy (non-hydrogen) atoms. The molecule has 0 aromatic carbocycles. The Bertz CT molecular complexity index is 896. The zero-order valence-electron chi connectivity index (χ0n) is 13.8. The molecule has 1 saturated carbocycles. The fourth-order valence-corrected chi connectivity index (χ4v) is 2.46. The molecule has 3 heterocycles. The molecule has 1 aliphatic carbocycles. The van der Waals surface area contributed by atoms with Gasteiger partial charge in [-0.3, -0.25) is 10.1 Å². The van der Waals surface area contributed by atoms with Gasteiger partial charge in [0.1, 0.15) is 5.70 Å². The third-order valence-electron chi connectivity index (χ3n) is 3.74. The summed E-state index contributed by atoms with van der Waals surface area (Å²) in [5.74, 6) is 0.598. The Morgan fingerprint density at radius 1 is 1.28 bits per heavy atom. The van der Waals surface area contributed by atoms with Gasteiger partial charge in [-0.25, -0.2) is 4.79 Å². The van der Waals surface area contributed by atoms with Crippen LogP contribution < -0.4 is 21.3 Å². The predicted molar refractivity (Wildman–Crippen MR) is 90.8 cm³/mol. The van der Waals surface area contributed by atoms with E-state index in [1.165, 1.54) is 0 Å². The molecule has 130 valence electrons. The Hall–Kier alpha value is -3.17. The summed E-state index contributed by atoms with van der Waals surface area (Å²) in [4.78, 5) is 32.0. The fourth-order valence-electron chi connectivity index (χ4n) is 2.46. The van der Waals surface area contributed by atoms with Crippen LogP contribution in [-0.2, 0) is 4.79 Å². The van der Waals surface area contributed by atoms with Crippen LogP contribution >= 0.6 is 0 Å². The number of fused-ring (bicyclic) bond motifs is 1. The summed E-state index contributed by atoms with van der Waals surface area (Å²) < 4.78 is 1.60. The second-order valence-corrected chi connectivity index (χ2v) is 6.39. The maximum absolute atomic E-state index is 11.7. The predicted octanol–water partition coefficient (Wildman–Crippen LogP) is 0.699. The molecule has 2 aromatic heterocycles. The highest BCUT2D eigenvalue weighted by Gasteiger charge is 2.25.